The third kappa shape index (κ3) is 2.49. The molecule has 5 heteroatoms. The van der Waals surface area contributed by atoms with E-state index in [-0.39, 0.29) is 5.84 Å². The van der Waals surface area contributed by atoms with Gasteiger partial charge in [0.15, 0.2) is 5.84 Å². The van der Waals surface area contributed by atoms with Gasteiger partial charge in [0.05, 0.1) is 5.56 Å². The Kier molecular flexibility index (Phi) is 3.46. The predicted molar refractivity (Wildman–Crippen MR) is 67.4 cm³/mol. The highest BCUT2D eigenvalue weighted by Gasteiger charge is 2.21. The van der Waals surface area contributed by atoms with Crippen molar-refractivity contribution in [1.82, 2.24) is 4.98 Å². The number of anilines is 1. The lowest BCUT2D eigenvalue weighted by Crippen LogP contribution is -2.31. The fourth-order valence-electron chi connectivity index (χ4n) is 2.10. The van der Waals surface area contributed by atoms with E-state index in [1.54, 1.807) is 12.3 Å². The zero-order valence-corrected chi connectivity index (χ0v) is 10.0. The first-order valence-electron chi connectivity index (χ1n) is 5.86. The maximum atomic E-state index is 8.75. The normalized spacial score (nSPS) is 16.6. The van der Waals surface area contributed by atoms with Crippen LogP contribution in [0.15, 0.2) is 23.5 Å². The Bertz CT molecular complexity index is 415. The van der Waals surface area contributed by atoms with Crippen LogP contribution in [0, 0.1) is 5.92 Å². The van der Waals surface area contributed by atoms with E-state index < -0.39 is 0 Å². The zero-order chi connectivity index (χ0) is 12.3. The molecule has 92 valence electrons. The van der Waals surface area contributed by atoms with Crippen molar-refractivity contribution < 1.29 is 5.21 Å². The minimum Gasteiger partial charge on any atom is -0.409 e. The summed E-state index contributed by atoms with van der Waals surface area (Å²) in [6, 6.07) is 3.60. The van der Waals surface area contributed by atoms with Crippen molar-refractivity contribution in [3.05, 3.63) is 23.9 Å². The second-order valence-corrected chi connectivity index (χ2v) is 4.54. The van der Waals surface area contributed by atoms with Gasteiger partial charge in [-0.1, -0.05) is 11.6 Å². The van der Waals surface area contributed by atoms with E-state index >= 15 is 0 Å². The molecule has 0 saturated heterocycles. The number of hydrogen-bond donors (Lipinski definition) is 2. The van der Waals surface area contributed by atoms with Crippen LogP contribution in [0.1, 0.15) is 24.8 Å². The molecule has 1 fully saturated rings. The molecule has 0 aliphatic heterocycles. The van der Waals surface area contributed by atoms with E-state index in [4.69, 9.17) is 10.9 Å². The Morgan fingerprint density at radius 3 is 3.00 bits per heavy atom. The number of nitrogens with two attached hydrogens (primary N) is 1. The molecule has 0 amide bonds. The standard InChI is InChI=1S/C12H18N4O/c1-16(8-9-4-2-5-9)12-10(11(13)15-17)6-3-7-14-12/h3,6-7,9,17H,2,4-5,8H2,1H3,(H2,13,15). The van der Waals surface area contributed by atoms with Gasteiger partial charge in [-0.3, -0.25) is 0 Å². The first-order valence-corrected chi connectivity index (χ1v) is 5.86. The maximum absolute atomic E-state index is 8.75. The van der Waals surface area contributed by atoms with Crippen LogP contribution in [0.25, 0.3) is 0 Å². The van der Waals surface area contributed by atoms with E-state index in [1.807, 2.05) is 13.1 Å². The third-order valence-electron chi connectivity index (χ3n) is 3.29. The van der Waals surface area contributed by atoms with Crippen molar-refractivity contribution in [3.63, 3.8) is 0 Å². The highest BCUT2D eigenvalue weighted by Crippen LogP contribution is 2.28. The molecule has 2 rings (SSSR count). The van der Waals surface area contributed by atoms with Gasteiger partial charge in [-0.05, 0) is 30.9 Å². The van der Waals surface area contributed by atoms with Crippen molar-refractivity contribution in [3.8, 4) is 0 Å². The summed E-state index contributed by atoms with van der Waals surface area (Å²) >= 11 is 0. The highest BCUT2D eigenvalue weighted by molar-refractivity contribution is 6.01. The summed E-state index contributed by atoms with van der Waals surface area (Å²) in [4.78, 5) is 6.39. The second-order valence-electron chi connectivity index (χ2n) is 4.54. The van der Waals surface area contributed by atoms with Crippen LogP contribution in [0.4, 0.5) is 5.82 Å². The van der Waals surface area contributed by atoms with Crippen LogP contribution < -0.4 is 10.6 Å². The Balaban J connectivity index is 2.18. The largest absolute Gasteiger partial charge is 0.409 e. The topological polar surface area (TPSA) is 74.7 Å². The van der Waals surface area contributed by atoms with Crippen molar-refractivity contribution >= 4 is 11.7 Å². The minimum absolute atomic E-state index is 0.105. The Labute approximate surface area is 101 Å². The number of pyridine rings is 1. The number of nitrogens with zero attached hydrogens (tertiary/aromatic N) is 3. The van der Waals surface area contributed by atoms with Gasteiger partial charge in [0, 0.05) is 19.8 Å². The van der Waals surface area contributed by atoms with E-state index in [0.717, 1.165) is 18.3 Å². The molecular weight excluding hydrogens is 216 g/mol. The van der Waals surface area contributed by atoms with Crippen molar-refractivity contribution in [1.29, 1.82) is 0 Å². The number of oxime groups is 1. The summed E-state index contributed by atoms with van der Waals surface area (Å²) in [7, 11) is 1.99. The second kappa shape index (κ2) is 5.03. The molecule has 17 heavy (non-hydrogen) atoms. The van der Waals surface area contributed by atoms with E-state index in [0.29, 0.717) is 5.56 Å². The third-order valence-corrected chi connectivity index (χ3v) is 3.29. The zero-order valence-electron chi connectivity index (χ0n) is 10.0. The molecule has 1 aromatic rings. The van der Waals surface area contributed by atoms with Crippen LogP contribution in [0.5, 0.6) is 0 Å². The van der Waals surface area contributed by atoms with Crippen LogP contribution in [0.2, 0.25) is 0 Å². The molecule has 0 spiro atoms. The van der Waals surface area contributed by atoms with E-state index in [2.05, 4.69) is 15.0 Å². The molecule has 1 aromatic heterocycles. The average molecular weight is 234 g/mol. The molecule has 1 aliphatic carbocycles. The minimum atomic E-state index is 0.105. The number of aromatic nitrogens is 1. The molecular formula is C12H18N4O. The lowest BCUT2D eigenvalue weighted by molar-refractivity contribution is 0.318. The first kappa shape index (κ1) is 11.7. The lowest BCUT2D eigenvalue weighted by atomic mass is 9.85. The number of amidine groups is 1. The van der Waals surface area contributed by atoms with Crippen LogP contribution in [-0.4, -0.2) is 29.6 Å². The molecule has 1 aliphatic rings. The monoisotopic (exact) mass is 234 g/mol. The fourth-order valence-corrected chi connectivity index (χ4v) is 2.10. The summed E-state index contributed by atoms with van der Waals surface area (Å²) < 4.78 is 0. The summed E-state index contributed by atoms with van der Waals surface area (Å²) in [5, 5.41) is 11.8. The first-order chi connectivity index (χ1) is 8.22. The Morgan fingerprint density at radius 1 is 1.65 bits per heavy atom. The quantitative estimate of drug-likeness (QED) is 0.357. The molecule has 0 aromatic carbocycles. The Morgan fingerprint density at radius 2 is 2.41 bits per heavy atom. The predicted octanol–water partition coefficient (Wildman–Crippen LogP) is 1.41. The number of rotatable bonds is 4. The van der Waals surface area contributed by atoms with Crippen LogP contribution in [0.3, 0.4) is 0 Å². The smallest absolute Gasteiger partial charge is 0.173 e. The summed E-state index contributed by atoms with van der Waals surface area (Å²) in [6.45, 7) is 0.975. The van der Waals surface area contributed by atoms with Crippen molar-refractivity contribution in [2.24, 2.45) is 16.8 Å². The highest BCUT2D eigenvalue weighted by atomic mass is 16.4. The van der Waals surface area contributed by atoms with Gasteiger partial charge >= 0.3 is 0 Å². The van der Waals surface area contributed by atoms with Gasteiger partial charge in [0.1, 0.15) is 5.82 Å². The van der Waals surface area contributed by atoms with E-state index in [9.17, 15) is 0 Å². The molecule has 0 atom stereocenters. The van der Waals surface area contributed by atoms with Crippen LogP contribution in [-0.2, 0) is 0 Å². The summed E-state index contributed by atoms with van der Waals surface area (Å²) in [5.41, 5.74) is 6.32. The molecule has 0 bridgehead atoms. The van der Waals surface area contributed by atoms with Crippen LogP contribution >= 0.6 is 0 Å². The maximum Gasteiger partial charge on any atom is 0.173 e. The van der Waals surface area contributed by atoms with Gasteiger partial charge < -0.3 is 15.8 Å². The molecule has 5 nitrogen and oxygen atoms in total. The van der Waals surface area contributed by atoms with Gasteiger partial charge in [-0.2, -0.15) is 0 Å². The van der Waals surface area contributed by atoms with Gasteiger partial charge in [0.2, 0.25) is 0 Å². The van der Waals surface area contributed by atoms with Gasteiger partial charge in [-0.25, -0.2) is 4.98 Å². The molecule has 0 radical (unpaired) electrons. The number of hydrogen-bond acceptors (Lipinski definition) is 4. The molecule has 3 N–H and O–H groups in total. The van der Waals surface area contributed by atoms with Gasteiger partial charge in [0.25, 0.3) is 0 Å². The van der Waals surface area contributed by atoms with Crippen molar-refractivity contribution in [2.75, 3.05) is 18.5 Å². The summed E-state index contributed by atoms with van der Waals surface area (Å²) in [6.07, 6.45) is 5.63. The van der Waals surface area contributed by atoms with Crippen molar-refractivity contribution in [2.45, 2.75) is 19.3 Å². The summed E-state index contributed by atoms with van der Waals surface area (Å²) in [5.74, 6) is 1.63. The fraction of sp³-hybridized carbons (Fsp3) is 0.500. The lowest BCUT2D eigenvalue weighted by Gasteiger charge is -2.31. The molecule has 1 saturated carbocycles. The average Bonchev–Trinajstić information content (AvgIpc) is 2.32. The molecule has 1 heterocycles. The van der Waals surface area contributed by atoms with Gasteiger partial charge in [-0.15, -0.1) is 0 Å². The Hall–Kier alpha value is -1.78. The SMILES string of the molecule is CN(CC1CCC1)c1ncccc1C(N)=NO. The molecule has 0 unspecified atom stereocenters. The van der Waals surface area contributed by atoms with E-state index in [1.165, 1.54) is 19.3 Å².